The van der Waals surface area contributed by atoms with Crippen LogP contribution in [0, 0.1) is 5.92 Å². The molecular weight excluding hydrogens is 356 g/mol. The Morgan fingerprint density at radius 3 is 2.63 bits per heavy atom. The fourth-order valence-corrected chi connectivity index (χ4v) is 5.09. The normalized spacial score (nSPS) is 21.9. The molecule has 0 spiro atoms. The number of amides is 1. The average molecular weight is 391 g/mol. The number of nitrogens with one attached hydrogen (secondary N) is 1. The highest BCUT2D eigenvalue weighted by Crippen LogP contribution is 2.25. The van der Waals surface area contributed by atoms with Gasteiger partial charge < -0.3 is 10.2 Å². The second-order valence-electron chi connectivity index (χ2n) is 7.96. The number of piperidine rings is 2. The van der Waals surface area contributed by atoms with Crippen molar-refractivity contribution in [2.75, 3.05) is 38.2 Å². The number of rotatable bonds is 7. The molecule has 1 aromatic rings. The molecule has 2 aliphatic heterocycles. The monoisotopic (exact) mass is 390 g/mol. The van der Waals surface area contributed by atoms with E-state index in [-0.39, 0.29) is 11.8 Å². The maximum atomic E-state index is 12.5. The highest BCUT2D eigenvalue weighted by Gasteiger charge is 2.31. The largest absolute Gasteiger partial charge is 0.352 e. The van der Waals surface area contributed by atoms with Crippen LogP contribution in [-0.2, 0) is 11.3 Å². The topological polar surface area (TPSA) is 48.5 Å². The third-order valence-corrected chi connectivity index (χ3v) is 6.95. The van der Waals surface area contributed by atoms with Crippen molar-refractivity contribution in [1.29, 1.82) is 0 Å². The number of likely N-dealkylation sites (tertiary alicyclic amines) is 2. The summed E-state index contributed by atoms with van der Waals surface area (Å²) >= 11 is 1.94. The van der Waals surface area contributed by atoms with Crippen LogP contribution in [-0.4, -0.2) is 71.0 Å². The number of carbonyl (C=O) groups is 1. The summed E-state index contributed by atoms with van der Waals surface area (Å²) in [5.74, 6) is 1.60. The summed E-state index contributed by atoms with van der Waals surface area (Å²) in [5.41, 5.74) is 1.06. The summed E-state index contributed by atoms with van der Waals surface area (Å²) in [6.07, 6.45) is 10.3. The van der Waals surface area contributed by atoms with Crippen LogP contribution in [0.3, 0.4) is 0 Å². The van der Waals surface area contributed by atoms with Gasteiger partial charge in [0.25, 0.3) is 0 Å². The molecule has 2 saturated heterocycles. The molecule has 0 bridgehead atoms. The van der Waals surface area contributed by atoms with Crippen LogP contribution >= 0.6 is 11.8 Å². The summed E-state index contributed by atoms with van der Waals surface area (Å²) < 4.78 is 0. The molecule has 1 unspecified atom stereocenters. The van der Waals surface area contributed by atoms with Crippen LogP contribution in [0.5, 0.6) is 0 Å². The van der Waals surface area contributed by atoms with Crippen molar-refractivity contribution in [2.45, 2.75) is 51.2 Å². The molecule has 1 atom stereocenters. The van der Waals surface area contributed by atoms with Crippen molar-refractivity contribution in [2.24, 2.45) is 5.92 Å². The van der Waals surface area contributed by atoms with Crippen LogP contribution in [0.4, 0.5) is 0 Å². The van der Waals surface area contributed by atoms with Gasteiger partial charge in [0.05, 0.1) is 0 Å². The van der Waals surface area contributed by atoms with Gasteiger partial charge in [0.1, 0.15) is 0 Å². The lowest BCUT2D eigenvalue weighted by Crippen LogP contribution is -2.50. The minimum atomic E-state index is 0.166. The summed E-state index contributed by atoms with van der Waals surface area (Å²) in [5, 5.41) is 3.09. The zero-order valence-corrected chi connectivity index (χ0v) is 17.6. The minimum absolute atomic E-state index is 0.166. The Labute approximate surface area is 168 Å². The molecule has 1 N–H and O–H groups in total. The predicted octanol–water partition coefficient (Wildman–Crippen LogP) is 2.63. The molecule has 6 heteroatoms. The van der Waals surface area contributed by atoms with Crippen molar-refractivity contribution < 1.29 is 4.79 Å². The maximum absolute atomic E-state index is 12.5. The fourth-order valence-electron chi connectivity index (χ4n) is 4.40. The lowest BCUT2D eigenvalue weighted by atomic mass is 9.92. The van der Waals surface area contributed by atoms with E-state index in [2.05, 4.69) is 33.3 Å². The molecule has 3 rings (SSSR count). The third kappa shape index (κ3) is 5.93. The lowest BCUT2D eigenvalue weighted by molar-refractivity contribution is -0.126. The van der Waals surface area contributed by atoms with E-state index in [0.717, 1.165) is 31.5 Å². The van der Waals surface area contributed by atoms with Gasteiger partial charge in [0, 0.05) is 42.7 Å². The number of nitrogens with zero attached hydrogens (tertiary/aromatic N) is 3. The van der Waals surface area contributed by atoms with Crippen LogP contribution in [0.1, 0.15) is 38.2 Å². The Kier molecular flexibility index (Phi) is 7.97. The Morgan fingerprint density at radius 2 is 2.00 bits per heavy atom. The quantitative estimate of drug-likeness (QED) is 0.776. The average Bonchev–Trinajstić information content (AvgIpc) is 2.73. The van der Waals surface area contributed by atoms with E-state index >= 15 is 0 Å². The molecule has 3 heterocycles. The van der Waals surface area contributed by atoms with Crippen LogP contribution < -0.4 is 5.32 Å². The summed E-state index contributed by atoms with van der Waals surface area (Å²) in [4.78, 5) is 21.9. The summed E-state index contributed by atoms with van der Waals surface area (Å²) in [6.45, 7) is 7.51. The predicted molar refractivity (Wildman–Crippen MR) is 113 cm³/mol. The van der Waals surface area contributed by atoms with E-state index < -0.39 is 0 Å². The third-order valence-electron chi connectivity index (χ3n) is 6.14. The molecule has 0 saturated carbocycles. The maximum Gasteiger partial charge on any atom is 0.223 e. The fraction of sp³-hybridized carbons (Fsp3) is 0.714. The Balaban J connectivity index is 1.37. The van der Waals surface area contributed by atoms with Gasteiger partial charge in [-0.15, -0.1) is 0 Å². The van der Waals surface area contributed by atoms with Crippen molar-refractivity contribution in [3.63, 3.8) is 0 Å². The molecule has 1 amide bonds. The first-order valence-corrected chi connectivity index (χ1v) is 11.7. The molecule has 2 fully saturated rings. The number of pyridine rings is 1. The zero-order chi connectivity index (χ0) is 19.1. The standard InChI is InChI=1S/C21H34N4OS/c1-17(16-27-2)24-12-7-20(8-13-24)25-10-5-19(6-11-25)21(26)23-15-18-4-3-9-22-14-18/h3-4,9,14,17,19-20H,5-8,10-13,15-16H2,1-2H3,(H,23,26). The first kappa shape index (κ1) is 20.6. The van der Waals surface area contributed by atoms with E-state index in [0.29, 0.717) is 18.6 Å². The van der Waals surface area contributed by atoms with Crippen molar-refractivity contribution in [3.05, 3.63) is 30.1 Å². The second kappa shape index (κ2) is 10.4. The first-order chi connectivity index (χ1) is 13.2. The van der Waals surface area contributed by atoms with E-state index in [9.17, 15) is 4.79 Å². The lowest BCUT2D eigenvalue weighted by Gasteiger charge is -2.43. The molecule has 150 valence electrons. The molecule has 0 radical (unpaired) electrons. The van der Waals surface area contributed by atoms with Crippen molar-refractivity contribution >= 4 is 17.7 Å². The number of aromatic nitrogens is 1. The highest BCUT2D eigenvalue weighted by atomic mass is 32.2. The first-order valence-electron chi connectivity index (χ1n) is 10.3. The van der Waals surface area contributed by atoms with Crippen LogP contribution in [0.2, 0.25) is 0 Å². The van der Waals surface area contributed by atoms with E-state index in [1.807, 2.05) is 30.1 Å². The molecular formula is C21H34N4OS. The van der Waals surface area contributed by atoms with E-state index in [1.54, 1.807) is 6.20 Å². The Hall–Kier alpha value is -1.11. The van der Waals surface area contributed by atoms with Gasteiger partial charge in [-0.2, -0.15) is 11.8 Å². The van der Waals surface area contributed by atoms with Crippen LogP contribution in [0.25, 0.3) is 0 Å². The van der Waals surface area contributed by atoms with E-state index in [4.69, 9.17) is 0 Å². The second-order valence-corrected chi connectivity index (χ2v) is 8.87. The molecule has 1 aromatic heterocycles. The van der Waals surface area contributed by atoms with Crippen molar-refractivity contribution in [3.8, 4) is 0 Å². The minimum Gasteiger partial charge on any atom is -0.352 e. The van der Waals surface area contributed by atoms with E-state index in [1.165, 1.54) is 31.7 Å². The SMILES string of the molecule is CSCC(C)N1CCC(N2CCC(C(=O)NCc3cccnc3)CC2)CC1. The molecule has 0 aliphatic carbocycles. The highest BCUT2D eigenvalue weighted by molar-refractivity contribution is 7.98. The van der Waals surface area contributed by atoms with Gasteiger partial charge in [-0.05, 0) is 76.7 Å². The van der Waals surface area contributed by atoms with Crippen LogP contribution in [0.15, 0.2) is 24.5 Å². The molecule has 27 heavy (non-hydrogen) atoms. The van der Waals surface area contributed by atoms with Gasteiger partial charge in [-0.3, -0.25) is 14.7 Å². The van der Waals surface area contributed by atoms with Gasteiger partial charge in [0.15, 0.2) is 0 Å². The van der Waals surface area contributed by atoms with Gasteiger partial charge in [-0.25, -0.2) is 0 Å². The van der Waals surface area contributed by atoms with Gasteiger partial charge in [0.2, 0.25) is 5.91 Å². The number of thioether (sulfide) groups is 1. The summed E-state index contributed by atoms with van der Waals surface area (Å²) in [6, 6.07) is 5.31. The van der Waals surface area contributed by atoms with Crippen molar-refractivity contribution in [1.82, 2.24) is 20.1 Å². The Morgan fingerprint density at radius 1 is 1.26 bits per heavy atom. The summed E-state index contributed by atoms with van der Waals surface area (Å²) in [7, 11) is 0. The molecule has 5 nitrogen and oxygen atoms in total. The zero-order valence-electron chi connectivity index (χ0n) is 16.8. The van der Waals surface area contributed by atoms with Gasteiger partial charge in [-0.1, -0.05) is 6.07 Å². The van der Waals surface area contributed by atoms with Gasteiger partial charge >= 0.3 is 0 Å². The molecule has 2 aliphatic rings. The smallest absolute Gasteiger partial charge is 0.223 e. The number of hydrogen-bond acceptors (Lipinski definition) is 5. The molecule has 0 aromatic carbocycles. The number of carbonyl (C=O) groups excluding carboxylic acids is 1. The number of hydrogen-bond donors (Lipinski definition) is 1. The Bertz CT molecular complexity index is 569.